The van der Waals surface area contributed by atoms with Gasteiger partial charge in [-0.1, -0.05) is 42.5 Å². The Balaban J connectivity index is 1.68. The molecule has 0 unspecified atom stereocenters. The molecule has 1 aliphatic rings. The molecule has 0 aromatic heterocycles. The molecule has 30 heavy (non-hydrogen) atoms. The minimum Gasteiger partial charge on any atom is -0.483 e. The van der Waals surface area contributed by atoms with Gasteiger partial charge in [-0.3, -0.25) is 10.1 Å². The zero-order valence-electron chi connectivity index (χ0n) is 17.1. The number of rotatable bonds is 6. The van der Waals surface area contributed by atoms with Gasteiger partial charge in [0.2, 0.25) is 6.10 Å². The third-order valence-electron chi connectivity index (χ3n) is 4.45. The maximum Gasteiger partial charge on any atom is 0.345 e. The Morgan fingerprint density at radius 1 is 1.10 bits per heavy atom. The van der Waals surface area contributed by atoms with E-state index in [9.17, 15) is 14.4 Å². The maximum absolute atomic E-state index is 12.4. The van der Waals surface area contributed by atoms with Gasteiger partial charge in [-0.05, 0) is 19.9 Å². The van der Waals surface area contributed by atoms with Crippen LogP contribution in [0.25, 0.3) is 0 Å². The van der Waals surface area contributed by atoms with Crippen LogP contribution in [0.2, 0.25) is 0 Å². The number of esters is 1. The standard InChI is InChI=1S/C22H24N2O6/c1-22(2)12-15-10-7-11-16(18(15)30-22)28-13-17(25)29-19(14-8-5-4-6-9-14)20(26)24-21(27)23-3/h4-11,19H,12-13H2,1-3H3,(H2,23,24,26,27)/t19-/m0/s1. The lowest BCUT2D eigenvalue weighted by Gasteiger charge is -2.19. The van der Waals surface area contributed by atoms with E-state index in [1.54, 1.807) is 36.4 Å². The number of fused-ring (bicyclic) bond motifs is 1. The van der Waals surface area contributed by atoms with E-state index in [4.69, 9.17) is 14.2 Å². The lowest BCUT2D eigenvalue weighted by molar-refractivity contribution is -0.158. The molecule has 158 valence electrons. The molecule has 0 aliphatic carbocycles. The molecule has 8 nitrogen and oxygen atoms in total. The first-order valence-electron chi connectivity index (χ1n) is 9.50. The van der Waals surface area contributed by atoms with Crippen molar-refractivity contribution in [3.63, 3.8) is 0 Å². The van der Waals surface area contributed by atoms with Crippen LogP contribution in [-0.2, 0) is 20.7 Å². The highest BCUT2D eigenvalue weighted by Gasteiger charge is 2.32. The molecule has 0 bridgehead atoms. The SMILES string of the molecule is CNC(=O)NC(=O)[C@@H](OC(=O)COc1cccc2c1OC(C)(C)C2)c1ccccc1. The number of amides is 3. The number of para-hydroxylation sites is 1. The third-order valence-corrected chi connectivity index (χ3v) is 4.45. The number of urea groups is 1. The van der Waals surface area contributed by atoms with Crippen LogP contribution in [0, 0.1) is 0 Å². The van der Waals surface area contributed by atoms with Crippen LogP contribution in [0.4, 0.5) is 4.79 Å². The second-order valence-electron chi connectivity index (χ2n) is 7.42. The highest BCUT2D eigenvalue weighted by atomic mass is 16.6. The lowest BCUT2D eigenvalue weighted by atomic mass is 10.0. The molecule has 1 heterocycles. The van der Waals surface area contributed by atoms with E-state index in [2.05, 4.69) is 10.6 Å². The Kier molecular flexibility index (Phi) is 6.25. The second-order valence-corrected chi connectivity index (χ2v) is 7.42. The van der Waals surface area contributed by atoms with Gasteiger partial charge < -0.3 is 19.5 Å². The van der Waals surface area contributed by atoms with Gasteiger partial charge in [-0.2, -0.15) is 0 Å². The fourth-order valence-corrected chi connectivity index (χ4v) is 3.14. The third kappa shape index (κ3) is 5.08. The van der Waals surface area contributed by atoms with Crippen LogP contribution < -0.4 is 20.1 Å². The largest absolute Gasteiger partial charge is 0.483 e. The second kappa shape index (κ2) is 8.86. The molecule has 2 aromatic rings. The molecule has 3 rings (SSSR count). The summed E-state index contributed by atoms with van der Waals surface area (Å²) in [7, 11) is 1.38. The Morgan fingerprint density at radius 2 is 1.83 bits per heavy atom. The molecule has 0 fully saturated rings. The van der Waals surface area contributed by atoms with Gasteiger partial charge in [0, 0.05) is 24.6 Å². The van der Waals surface area contributed by atoms with Crippen LogP contribution in [0.3, 0.4) is 0 Å². The Bertz CT molecular complexity index is 942. The monoisotopic (exact) mass is 412 g/mol. The summed E-state index contributed by atoms with van der Waals surface area (Å²) in [5, 5.41) is 4.41. The fraction of sp³-hybridized carbons (Fsp3) is 0.318. The molecule has 0 radical (unpaired) electrons. The summed E-state index contributed by atoms with van der Waals surface area (Å²) in [5.74, 6) is -0.487. The molecule has 2 aromatic carbocycles. The number of imide groups is 1. The van der Waals surface area contributed by atoms with E-state index in [-0.39, 0.29) is 5.60 Å². The van der Waals surface area contributed by atoms with E-state index in [0.29, 0.717) is 17.1 Å². The van der Waals surface area contributed by atoms with Gasteiger partial charge >= 0.3 is 12.0 Å². The lowest BCUT2D eigenvalue weighted by Crippen LogP contribution is -2.41. The summed E-state index contributed by atoms with van der Waals surface area (Å²) >= 11 is 0. The molecular formula is C22H24N2O6. The molecule has 0 spiro atoms. The number of hydrogen-bond donors (Lipinski definition) is 2. The zero-order valence-corrected chi connectivity index (χ0v) is 17.1. The predicted molar refractivity (Wildman–Crippen MR) is 108 cm³/mol. The highest BCUT2D eigenvalue weighted by molar-refractivity contribution is 5.97. The maximum atomic E-state index is 12.4. The van der Waals surface area contributed by atoms with Crippen LogP contribution >= 0.6 is 0 Å². The average Bonchev–Trinajstić information content (AvgIpc) is 3.05. The van der Waals surface area contributed by atoms with Crippen LogP contribution in [-0.4, -0.2) is 37.2 Å². The fourth-order valence-electron chi connectivity index (χ4n) is 3.14. The van der Waals surface area contributed by atoms with Gasteiger partial charge in [-0.15, -0.1) is 0 Å². The molecule has 3 amide bonds. The Hall–Kier alpha value is -3.55. The minimum atomic E-state index is -1.30. The van der Waals surface area contributed by atoms with Crippen molar-refractivity contribution in [1.82, 2.24) is 10.6 Å². The first-order chi connectivity index (χ1) is 14.3. The van der Waals surface area contributed by atoms with E-state index in [1.807, 2.05) is 26.0 Å². The van der Waals surface area contributed by atoms with Crippen molar-refractivity contribution >= 4 is 17.9 Å². The van der Waals surface area contributed by atoms with Gasteiger partial charge in [0.25, 0.3) is 5.91 Å². The average molecular weight is 412 g/mol. The van der Waals surface area contributed by atoms with Crippen LogP contribution in [0.1, 0.15) is 31.1 Å². The predicted octanol–water partition coefficient (Wildman–Crippen LogP) is 2.52. The quantitative estimate of drug-likeness (QED) is 0.707. The van der Waals surface area contributed by atoms with Gasteiger partial charge in [0.05, 0.1) is 0 Å². The summed E-state index contributed by atoms with van der Waals surface area (Å²) in [5.41, 5.74) is 1.08. The van der Waals surface area contributed by atoms with Gasteiger partial charge in [0.15, 0.2) is 18.1 Å². The van der Waals surface area contributed by atoms with Crippen LogP contribution in [0.5, 0.6) is 11.5 Å². The first-order valence-corrected chi connectivity index (χ1v) is 9.50. The van der Waals surface area contributed by atoms with Crippen molar-refractivity contribution in [2.45, 2.75) is 32.0 Å². The Morgan fingerprint density at radius 3 is 2.53 bits per heavy atom. The number of benzene rings is 2. The summed E-state index contributed by atoms with van der Waals surface area (Å²) in [6.07, 6.45) is -0.559. The number of hydrogen-bond acceptors (Lipinski definition) is 6. The van der Waals surface area contributed by atoms with Crippen molar-refractivity contribution in [2.75, 3.05) is 13.7 Å². The normalized spacial score (nSPS) is 14.6. The van der Waals surface area contributed by atoms with Crippen molar-refractivity contribution < 1.29 is 28.6 Å². The summed E-state index contributed by atoms with van der Waals surface area (Å²) in [6.45, 7) is 3.53. The summed E-state index contributed by atoms with van der Waals surface area (Å²) in [6, 6.07) is 13.2. The van der Waals surface area contributed by atoms with Gasteiger partial charge in [-0.25, -0.2) is 9.59 Å². The molecule has 1 atom stereocenters. The van der Waals surface area contributed by atoms with Gasteiger partial charge in [0.1, 0.15) is 5.60 Å². The van der Waals surface area contributed by atoms with E-state index in [0.717, 1.165) is 12.0 Å². The van der Waals surface area contributed by atoms with E-state index < -0.39 is 30.6 Å². The number of carbonyl (C=O) groups excluding carboxylic acids is 3. The summed E-state index contributed by atoms with van der Waals surface area (Å²) < 4.78 is 16.9. The van der Waals surface area contributed by atoms with Crippen molar-refractivity contribution in [1.29, 1.82) is 0 Å². The number of carbonyl (C=O) groups is 3. The molecule has 1 aliphatic heterocycles. The molecule has 0 saturated heterocycles. The first kappa shape index (κ1) is 21.2. The van der Waals surface area contributed by atoms with E-state index in [1.165, 1.54) is 7.05 Å². The topological polar surface area (TPSA) is 103 Å². The van der Waals surface area contributed by atoms with E-state index >= 15 is 0 Å². The van der Waals surface area contributed by atoms with Crippen molar-refractivity contribution in [3.8, 4) is 11.5 Å². The molecular weight excluding hydrogens is 388 g/mol. The molecule has 8 heteroatoms. The smallest absolute Gasteiger partial charge is 0.345 e. The van der Waals surface area contributed by atoms with Crippen molar-refractivity contribution in [2.24, 2.45) is 0 Å². The minimum absolute atomic E-state index is 0.349. The van der Waals surface area contributed by atoms with Crippen LogP contribution in [0.15, 0.2) is 48.5 Å². The van der Waals surface area contributed by atoms with Crippen molar-refractivity contribution in [3.05, 3.63) is 59.7 Å². The zero-order chi connectivity index (χ0) is 21.7. The highest BCUT2D eigenvalue weighted by Crippen LogP contribution is 2.41. The number of ether oxygens (including phenoxy) is 3. The molecule has 0 saturated carbocycles. The molecule has 2 N–H and O–H groups in total. The number of nitrogens with one attached hydrogen (secondary N) is 2. The Labute approximate surface area is 174 Å². The summed E-state index contributed by atoms with van der Waals surface area (Å²) in [4.78, 5) is 36.3.